The number of nitrogens with zero attached hydrogens (tertiary/aromatic N) is 4. The van der Waals surface area contributed by atoms with E-state index in [0.29, 0.717) is 18.7 Å². The number of hydrogen-bond donors (Lipinski definition) is 2. The number of rotatable bonds is 6. The van der Waals surface area contributed by atoms with E-state index < -0.39 is 4.92 Å². The van der Waals surface area contributed by atoms with Crippen LogP contribution in [0.5, 0.6) is 0 Å². The molecule has 1 amide bonds. The van der Waals surface area contributed by atoms with Crippen LogP contribution in [-0.2, 0) is 0 Å². The predicted molar refractivity (Wildman–Crippen MR) is 78.6 cm³/mol. The van der Waals surface area contributed by atoms with E-state index in [2.05, 4.69) is 15.6 Å². The van der Waals surface area contributed by atoms with Crippen molar-refractivity contribution in [2.75, 3.05) is 6.54 Å². The van der Waals surface area contributed by atoms with Gasteiger partial charge >= 0.3 is 0 Å². The van der Waals surface area contributed by atoms with E-state index >= 15 is 0 Å². The third-order valence-electron chi connectivity index (χ3n) is 2.92. The molecule has 0 bridgehead atoms. The van der Waals surface area contributed by atoms with Gasteiger partial charge in [0.05, 0.1) is 16.8 Å². The van der Waals surface area contributed by atoms with Gasteiger partial charge in [0, 0.05) is 24.7 Å². The van der Waals surface area contributed by atoms with Gasteiger partial charge in [-0.3, -0.25) is 14.9 Å². The smallest absolute Gasteiger partial charge is 0.273 e. The van der Waals surface area contributed by atoms with Crippen LogP contribution in [0.4, 0.5) is 5.69 Å². The van der Waals surface area contributed by atoms with Gasteiger partial charge in [-0.15, -0.1) is 5.10 Å². The molecule has 1 aromatic carbocycles. The summed E-state index contributed by atoms with van der Waals surface area (Å²) < 4.78 is 1.31. The number of carbonyl (C=O) groups excluding carboxylic acids is 1. The van der Waals surface area contributed by atoms with Gasteiger partial charge in [-0.25, -0.2) is 4.68 Å². The quantitative estimate of drug-likeness (QED) is 0.595. The first-order valence-corrected chi connectivity index (χ1v) is 6.68. The van der Waals surface area contributed by atoms with Crippen LogP contribution in [0.25, 0.3) is 5.69 Å². The minimum atomic E-state index is -0.498. The number of carbonyl (C=O) groups is 1. The summed E-state index contributed by atoms with van der Waals surface area (Å²) in [6.07, 6.45) is 2.07. The van der Waals surface area contributed by atoms with Gasteiger partial charge in [0.25, 0.3) is 11.6 Å². The number of hydrogen-bond acceptors (Lipinski definition) is 6. The standard InChI is InChI=1S/C13H16N6O3/c1-9(14)5-6-15-13(20)12-8-18(17-16-12)10-3-2-4-11(7-10)19(21)22/h2-4,7-9H,5-6,14H2,1H3,(H,15,20). The summed E-state index contributed by atoms with van der Waals surface area (Å²) >= 11 is 0. The zero-order valence-electron chi connectivity index (χ0n) is 12.0. The maximum Gasteiger partial charge on any atom is 0.273 e. The Kier molecular flexibility index (Phi) is 4.79. The summed E-state index contributed by atoms with van der Waals surface area (Å²) in [5, 5.41) is 21.0. The highest BCUT2D eigenvalue weighted by atomic mass is 16.6. The number of non-ortho nitro benzene ring substituents is 1. The molecule has 0 aliphatic carbocycles. The molecule has 0 saturated heterocycles. The summed E-state index contributed by atoms with van der Waals surface area (Å²) in [5.74, 6) is -0.364. The first-order valence-electron chi connectivity index (χ1n) is 6.68. The van der Waals surface area contributed by atoms with Gasteiger partial charge in [0.2, 0.25) is 0 Å². The number of nitro groups is 1. The molecule has 1 atom stereocenters. The molecule has 9 nitrogen and oxygen atoms in total. The third-order valence-corrected chi connectivity index (χ3v) is 2.92. The van der Waals surface area contributed by atoms with Gasteiger partial charge in [0.1, 0.15) is 0 Å². The second-order valence-electron chi connectivity index (χ2n) is 4.85. The summed E-state index contributed by atoms with van der Waals surface area (Å²) in [6.45, 7) is 2.30. The normalized spacial score (nSPS) is 11.9. The van der Waals surface area contributed by atoms with E-state index in [1.165, 1.54) is 29.1 Å². The van der Waals surface area contributed by atoms with Crippen molar-refractivity contribution in [1.82, 2.24) is 20.3 Å². The average Bonchev–Trinajstić information content (AvgIpc) is 2.96. The molecule has 0 radical (unpaired) electrons. The number of nitrogens with two attached hydrogens (primary N) is 1. The van der Waals surface area contributed by atoms with E-state index in [1.807, 2.05) is 6.92 Å². The lowest BCUT2D eigenvalue weighted by Crippen LogP contribution is -2.29. The zero-order chi connectivity index (χ0) is 16.1. The minimum absolute atomic E-state index is 0.000787. The van der Waals surface area contributed by atoms with Gasteiger partial charge < -0.3 is 11.1 Å². The maximum atomic E-state index is 11.9. The topological polar surface area (TPSA) is 129 Å². The average molecular weight is 304 g/mol. The molecule has 0 spiro atoms. The van der Waals surface area contributed by atoms with Crippen molar-refractivity contribution >= 4 is 11.6 Å². The van der Waals surface area contributed by atoms with E-state index in [1.54, 1.807) is 6.07 Å². The fourth-order valence-corrected chi connectivity index (χ4v) is 1.75. The van der Waals surface area contributed by atoms with Crippen LogP contribution in [0, 0.1) is 10.1 Å². The number of nitrogens with one attached hydrogen (secondary N) is 1. The van der Waals surface area contributed by atoms with Gasteiger partial charge in [-0.1, -0.05) is 11.3 Å². The molecular formula is C13H16N6O3. The van der Waals surface area contributed by atoms with E-state index in [-0.39, 0.29) is 23.3 Å². The Morgan fingerprint density at radius 3 is 3.00 bits per heavy atom. The lowest BCUT2D eigenvalue weighted by atomic mass is 10.2. The molecule has 9 heteroatoms. The highest BCUT2D eigenvalue weighted by molar-refractivity contribution is 5.91. The van der Waals surface area contributed by atoms with Crippen LogP contribution in [-0.4, -0.2) is 38.4 Å². The Morgan fingerprint density at radius 1 is 1.55 bits per heavy atom. The Balaban J connectivity index is 2.09. The number of aromatic nitrogens is 3. The van der Waals surface area contributed by atoms with Crippen molar-refractivity contribution in [1.29, 1.82) is 0 Å². The van der Waals surface area contributed by atoms with E-state index in [9.17, 15) is 14.9 Å². The molecular weight excluding hydrogens is 288 g/mol. The lowest BCUT2D eigenvalue weighted by Gasteiger charge is -2.05. The van der Waals surface area contributed by atoms with Crippen LogP contribution in [0.15, 0.2) is 30.5 Å². The Bertz CT molecular complexity index is 682. The van der Waals surface area contributed by atoms with Crippen molar-refractivity contribution in [3.63, 3.8) is 0 Å². The summed E-state index contributed by atoms with van der Waals surface area (Å²) in [4.78, 5) is 22.1. The fourth-order valence-electron chi connectivity index (χ4n) is 1.75. The molecule has 2 rings (SSSR count). The van der Waals surface area contributed by atoms with Crippen molar-refractivity contribution in [3.05, 3.63) is 46.3 Å². The first kappa shape index (κ1) is 15.6. The Morgan fingerprint density at radius 2 is 2.32 bits per heavy atom. The maximum absolute atomic E-state index is 11.9. The molecule has 0 aliphatic rings. The zero-order valence-corrected chi connectivity index (χ0v) is 12.0. The van der Waals surface area contributed by atoms with Crippen LogP contribution >= 0.6 is 0 Å². The highest BCUT2D eigenvalue weighted by Gasteiger charge is 2.13. The van der Waals surface area contributed by atoms with Crippen LogP contribution < -0.4 is 11.1 Å². The van der Waals surface area contributed by atoms with Crippen molar-refractivity contribution in [2.45, 2.75) is 19.4 Å². The second-order valence-corrected chi connectivity index (χ2v) is 4.85. The first-order chi connectivity index (χ1) is 10.5. The van der Waals surface area contributed by atoms with E-state index in [0.717, 1.165) is 0 Å². The van der Waals surface area contributed by atoms with Gasteiger partial charge in [-0.2, -0.15) is 0 Å². The van der Waals surface area contributed by atoms with Crippen molar-refractivity contribution < 1.29 is 9.72 Å². The molecule has 2 aromatic rings. The minimum Gasteiger partial charge on any atom is -0.351 e. The summed E-state index contributed by atoms with van der Waals surface area (Å²) in [5.41, 5.74) is 6.13. The molecule has 22 heavy (non-hydrogen) atoms. The van der Waals surface area contributed by atoms with Crippen LogP contribution in [0.3, 0.4) is 0 Å². The molecule has 0 fully saturated rings. The number of amides is 1. The molecule has 3 N–H and O–H groups in total. The van der Waals surface area contributed by atoms with Crippen LogP contribution in [0.2, 0.25) is 0 Å². The summed E-state index contributed by atoms with van der Waals surface area (Å²) in [6, 6.07) is 5.91. The fraction of sp³-hybridized carbons (Fsp3) is 0.308. The summed E-state index contributed by atoms with van der Waals surface area (Å²) in [7, 11) is 0. The Labute approximate surface area is 126 Å². The van der Waals surface area contributed by atoms with Gasteiger partial charge in [0.15, 0.2) is 5.69 Å². The molecule has 1 unspecified atom stereocenters. The molecule has 1 heterocycles. The van der Waals surface area contributed by atoms with Crippen molar-refractivity contribution in [2.24, 2.45) is 5.73 Å². The number of nitro benzene ring substituents is 1. The Hall–Kier alpha value is -2.81. The largest absolute Gasteiger partial charge is 0.351 e. The van der Waals surface area contributed by atoms with Crippen LogP contribution in [0.1, 0.15) is 23.8 Å². The predicted octanol–water partition coefficient (Wildman–Crippen LogP) is 0.643. The van der Waals surface area contributed by atoms with E-state index in [4.69, 9.17) is 5.73 Å². The van der Waals surface area contributed by atoms with Crippen molar-refractivity contribution in [3.8, 4) is 5.69 Å². The van der Waals surface area contributed by atoms with Gasteiger partial charge in [-0.05, 0) is 19.4 Å². The SMILES string of the molecule is CC(N)CCNC(=O)c1cn(-c2cccc([N+](=O)[O-])c2)nn1. The molecule has 0 saturated carbocycles. The third kappa shape index (κ3) is 3.85. The number of benzene rings is 1. The molecule has 116 valence electrons. The lowest BCUT2D eigenvalue weighted by molar-refractivity contribution is -0.384. The monoisotopic (exact) mass is 304 g/mol. The molecule has 0 aliphatic heterocycles. The molecule has 1 aromatic heterocycles. The highest BCUT2D eigenvalue weighted by Crippen LogP contribution is 2.15. The second kappa shape index (κ2) is 6.76.